The molecule has 102 valence electrons. The van der Waals surface area contributed by atoms with Crippen LogP contribution in [0.2, 0.25) is 0 Å². The van der Waals surface area contributed by atoms with Crippen LogP contribution in [0.25, 0.3) is 0 Å². The van der Waals surface area contributed by atoms with E-state index in [4.69, 9.17) is 0 Å². The van der Waals surface area contributed by atoms with Gasteiger partial charge in [-0.25, -0.2) is 4.79 Å². The summed E-state index contributed by atoms with van der Waals surface area (Å²) >= 11 is 1.58. The Labute approximate surface area is 115 Å². The van der Waals surface area contributed by atoms with E-state index < -0.39 is 17.9 Å². The molecule has 0 saturated carbocycles. The van der Waals surface area contributed by atoms with Crippen molar-refractivity contribution in [3.05, 3.63) is 22.4 Å². The van der Waals surface area contributed by atoms with Crippen molar-refractivity contribution in [2.45, 2.75) is 26.2 Å². The van der Waals surface area contributed by atoms with E-state index in [2.05, 4.69) is 5.32 Å². The minimum Gasteiger partial charge on any atom is -0.277 e. The van der Waals surface area contributed by atoms with Gasteiger partial charge in [0.1, 0.15) is 5.92 Å². The normalized spacial score (nSPS) is 19.7. The van der Waals surface area contributed by atoms with Crippen LogP contribution in [-0.2, 0) is 16.0 Å². The van der Waals surface area contributed by atoms with Crippen LogP contribution in [0.5, 0.6) is 0 Å². The Kier molecular flexibility index (Phi) is 4.31. The number of hydrogen-bond acceptors (Lipinski definition) is 4. The smallest absolute Gasteiger partial charge is 0.277 e. The fourth-order valence-electron chi connectivity index (χ4n) is 2.09. The lowest BCUT2D eigenvalue weighted by Gasteiger charge is -2.29. The average Bonchev–Trinajstić information content (AvgIpc) is 2.87. The molecule has 4 amide bonds. The third-order valence-electron chi connectivity index (χ3n) is 3.14. The molecule has 1 N–H and O–H groups in total. The molecule has 19 heavy (non-hydrogen) atoms. The molecule has 2 heterocycles. The Balaban J connectivity index is 2.03. The van der Waals surface area contributed by atoms with Crippen LogP contribution >= 0.6 is 11.3 Å². The van der Waals surface area contributed by atoms with Crippen LogP contribution in [0.4, 0.5) is 4.79 Å². The second-order valence-corrected chi connectivity index (χ2v) is 5.29. The molecule has 1 aromatic heterocycles. The van der Waals surface area contributed by atoms with Crippen molar-refractivity contribution < 1.29 is 14.4 Å². The molecule has 0 spiro atoms. The van der Waals surface area contributed by atoms with Gasteiger partial charge in [0, 0.05) is 6.54 Å². The third kappa shape index (κ3) is 3.01. The molecule has 1 atom stereocenters. The Hall–Kier alpha value is -1.69. The first-order valence-corrected chi connectivity index (χ1v) is 7.25. The molecule has 0 radical (unpaired) electrons. The van der Waals surface area contributed by atoms with E-state index in [1.165, 1.54) is 0 Å². The summed E-state index contributed by atoms with van der Waals surface area (Å²) in [6, 6.07) is 1.36. The van der Waals surface area contributed by atoms with E-state index in [0.717, 1.165) is 16.9 Å². The molecular weight excluding hydrogens is 264 g/mol. The largest absolute Gasteiger partial charge is 0.330 e. The maximum atomic E-state index is 12.1. The van der Waals surface area contributed by atoms with Crippen molar-refractivity contribution in [2.24, 2.45) is 5.92 Å². The minimum absolute atomic E-state index is 0.314. The number of carbonyl (C=O) groups is 3. The molecule has 6 heteroatoms. The van der Waals surface area contributed by atoms with Gasteiger partial charge in [0.2, 0.25) is 11.8 Å². The second-order valence-electron chi connectivity index (χ2n) is 4.51. The molecule has 0 aromatic carbocycles. The van der Waals surface area contributed by atoms with Gasteiger partial charge >= 0.3 is 6.03 Å². The fraction of sp³-hybridized carbons (Fsp3) is 0.462. The van der Waals surface area contributed by atoms with E-state index in [9.17, 15) is 14.4 Å². The van der Waals surface area contributed by atoms with Gasteiger partial charge in [0.15, 0.2) is 0 Å². The number of urea groups is 1. The highest BCUT2D eigenvalue weighted by molar-refractivity contribution is 7.07. The zero-order valence-corrected chi connectivity index (χ0v) is 11.5. The molecule has 1 aliphatic rings. The molecule has 1 fully saturated rings. The summed E-state index contributed by atoms with van der Waals surface area (Å²) in [5.74, 6) is -1.56. The number of carbonyl (C=O) groups excluding carboxylic acids is 3. The highest BCUT2D eigenvalue weighted by Gasteiger charge is 2.39. The zero-order valence-electron chi connectivity index (χ0n) is 10.7. The van der Waals surface area contributed by atoms with Gasteiger partial charge in [-0.1, -0.05) is 13.3 Å². The number of hydrogen-bond donors (Lipinski definition) is 1. The Morgan fingerprint density at radius 1 is 1.37 bits per heavy atom. The lowest BCUT2D eigenvalue weighted by atomic mass is 9.99. The molecule has 0 bridgehead atoms. The lowest BCUT2D eigenvalue weighted by Crippen LogP contribution is -2.58. The first-order valence-electron chi connectivity index (χ1n) is 6.30. The third-order valence-corrected chi connectivity index (χ3v) is 3.87. The van der Waals surface area contributed by atoms with E-state index in [-0.39, 0.29) is 5.91 Å². The lowest BCUT2D eigenvalue weighted by molar-refractivity contribution is -0.142. The van der Waals surface area contributed by atoms with Gasteiger partial charge < -0.3 is 0 Å². The summed E-state index contributed by atoms with van der Waals surface area (Å²) < 4.78 is 0. The van der Waals surface area contributed by atoms with Crippen molar-refractivity contribution >= 4 is 29.2 Å². The van der Waals surface area contributed by atoms with Gasteiger partial charge in [-0.15, -0.1) is 0 Å². The summed E-state index contributed by atoms with van der Waals surface area (Å²) in [5, 5.41) is 6.20. The van der Waals surface area contributed by atoms with Crippen LogP contribution in [0.3, 0.4) is 0 Å². The van der Waals surface area contributed by atoms with Gasteiger partial charge in [0.25, 0.3) is 0 Å². The number of nitrogens with zero attached hydrogens (tertiary/aromatic N) is 1. The Morgan fingerprint density at radius 3 is 2.79 bits per heavy atom. The molecular formula is C13H16N2O3S. The number of barbiturate groups is 1. The van der Waals surface area contributed by atoms with Gasteiger partial charge in [-0.3, -0.25) is 19.8 Å². The van der Waals surface area contributed by atoms with Crippen LogP contribution in [-0.4, -0.2) is 29.3 Å². The molecule has 1 aliphatic heterocycles. The summed E-state index contributed by atoms with van der Waals surface area (Å²) in [7, 11) is 0. The summed E-state index contributed by atoms with van der Waals surface area (Å²) in [6.07, 6.45) is 1.83. The van der Waals surface area contributed by atoms with E-state index >= 15 is 0 Å². The SMILES string of the molecule is CCCC1C(=O)NC(=O)N(CCc2ccsc2)C1=O. The topological polar surface area (TPSA) is 66.5 Å². The second kappa shape index (κ2) is 5.97. The highest BCUT2D eigenvalue weighted by atomic mass is 32.1. The van der Waals surface area contributed by atoms with E-state index in [0.29, 0.717) is 19.4 Å². The maximum Gasteiger partial charge on any atom is 0.330 e. The van der Waals surface area contributed by atoms with Gasteiger partial charge in [0.05, 0.1) is 0 Å². The van der Waals surface area contributed by atoms with Crippen LogP contribution < -0.4 is 5.32 Å². The predicted molar refractivity (Wildman–Crippen MR) is 71.7 cm³/mol. The van der Waals surface area contributed by atoms with Gasteiger partial charge in [-0.05, 0) is 35.2 Å². The molecule has 2 rings (SSSR count). The minimum atomic E-state index is -0.717. The molecule has 1 saturated heterocycles. The Morgan fingerprint density at radius 2 is 2.16 bits per heavy atom. The molecule has 1 aromatic rings. The van der Waals surface area contributed by atoms with E-state index in [1.807, 2.05) is 23.8 Å². The summed E-state index contributed by atoms with van der Waals surface area (Å²) in [5.41, 5.74) is 1.09. The highest BCUT2D eigenvalue weighted by Crippen LogP contribution is 2.17. The first kappa shape index (κ1) is 13.7. The number of nitrogens with one attached hydrogen (secondary N) is 1. The average molecular weight is 280 g/mol. The molecule has 1 unspecified atom stereocenters. The number of amides is 4. The van der Waals surface area contributed by atoms with Crippen molar-refractivity contribution in [2.75, 3.05) is 6.54 Å². The summed E-state index contributed by atoms with van der Waals surface area (Å²) in [6.45, 7) is 2.22. The van der Waals surface area contributed by atoms with Gasteiger partial charge in [-0.2, -0.15) is 11.3 Å². The zero-order chi connectivity index (χ0) is 13.8. The molecule has 0 aliphatic carbocycles. The van der Waals surface area contributed by atoms with Crippen molar-refractivity contribution in [3.8, 4) is 0 Å². The first-order chi connectivity index (χ1) is 9.13. The monoisotopic (exact) mass is 280 g/mol. The quantitative estimate of drug-likeness (QED) is 0.836. The van der Waals surface area contributed by atoms with Crippen LogP contribution in [0.1, 0.15) is 25.3 Å². The number of rotatable bonds is 5. The van der Waals surface area contributed by atoms with E-state index in [1.54, 1.807) is 11.3 Å². The van der Waals surface area contributed by atoms with Crippen LogP contribution in [0.15, 0.2) is 16.8 Å². The number of imide groups is 2. The predicted octanol–water partition coefficient (Wildman–Crippen LogP) is 1.79. The fourth-order valence-corrected chi connectivity index (χ4v) is 2.79. The van der Waals surface area contributed by atoms with Crippen molar-refractivity contribution in [1.29, 1.82) is 0 Å². The van der Waals surface area contributed by atoms with Crippen molar-refractivity contribution in [3.63, 3.8) is 0 Å². The summed E-state index contributed by atoms with van der Waals surface area (Å²) in [4.78, 5) is 36.6. The Bertz CT molecular complexity index is 484. The molecule has 5 nitrogen and oxygen atoms in total. The maximum absolute atomic E-state index is 12.1. The van der Waals surface area contributed by atoms with Crippen LogP contribution in [0, 0.1) is 5.92 Å². The number of thiophene rings is 1. The van der Waals surface area contributed by atoms with Crippen molar-refractivity contribution in [1.82, 2.24) is 10.2 Å². The standard InChI is InChI=1S/C13H16N2O3S/c1-2-3-10-11(16)14-13(18)15(12(10)17)6-4-9-5-7-19-8-9/h5,7-8,10H,2-4,6H2,1H3,(H,14,16,18).